The van der Waals surface area contributed by atoms with E-state index in [1.165, 1.54) is 11.6 Å². The normalized spacial score (nSPS) is 13.4. The van der Waals surface area contributed by atoms with Crippen LogP contribution in [0.3, 0.4) is 0 Å². The number of fused-ring (bicyclic) bond motifs is 1. The van der Waals surface area contributed by atoms with Gasteiger partial charge in [0.15, 0.2) is 23.7 Å². The van der Waals surface area contributed by atoms with Crippen molar-refractivity contribution < 1.29 is 43.6 Å². The third-order valence-electron chi connectivity index (χ3n) is 5.29. The van der Waals surface area contributed by atoms with Crippen LogP contribution in [0.25, 0.3) is 0 Å². The van der Waals surface area contributed by atoms with Gasteiger partial charge in [0, 0.05) is 23.4 Å². The summed E-state index contributed by atoms with van der Waals surface area (Å²) in [5.41, 5.74) is 2.34. The molecule has 4 N–H and O–H groups in total. The lowest BCUT2D eigenvalue weighted by Gasteiger charge is -2.27. The van der Waals surface area contributed by atoms with Gasteiger partial charge in [-0.05, 0) is 36.4 Å². The van der Waals surface area contributed by atoms with Crippen LogP contribution in [0.4, 0.5) is 10.5 Å². The fraction of sp³-hybridized carbons (Fsp3) is 0.185. The van der Waals surface area contributed by atoms with Gasteiger partial charge in [0.2, 0.25) is 6.79 Å². The van der Waals surface area contributed by atoms with Crippen LogP contribution in [0.1, 0.15) is 11.7 Å². The quantitative estimate of drug-likeness (QED) is 0.169. The van der Waals surface area contributed by atoms with Crippen molar-refractivity contribution in [2.45, 2.75) is 12.2 Å². The van der Waals surface area contributed by atoms with Gasteiger partial charge in [-0.25, -0.2) is 10.3 Å². The number of anilines is 1. The number of hydrogen-bond acceptors (Lipinski definition) is 9. The molecule has 0 radical (unpaired) electrons. The van der Waals surface area contributed by atoms with Crippen LogP contribution in [0.2, 0.25) is 0 Å². The summed E-state index contributed by atoms with van der Waals surface area (Å²) in [4.78, 5) is 24.9. The second kappa shape index (κ2) is 13.0. The minimum atomic E-state index is -1.14. The predicted octanol–water partition coefficient (Wildman–Crippen LogP) is 3.59. The van der Waals surface area contributed by atoms with Crippen molar-refractivity contribution in [3.05, 3.63) is 90.5 Å². The van der Waals surface area contributed by atoms with E-state index in [2.05, 4.69) is 5.32 Å². The highest BCUT2D eigenvalue weighted by molar-refractivity contribution is 5.87. The Kier molecular flexibility index (Phi) is 9.00. The lowest BCUT2D eigenvalue weighted by Crippen LogP contribution is -2.30. The zero-order valence-corrected chi connectivity index (χ0v) is 20.1. The van der Waals surface area contributed by atoms with Gasteiger partial charge in [-0.1, -0.05) is 36.4 Å². The van der Waals surface area contributed by atoms with Crippen molar-refractivity contribution >= 4 is 17.7 Å². The molecule has 0 fully saturated rings. The van der Waals surface area contributed by atoms with Gasteiger partial charge >= 0.3 is 6.09 Å². The van der Waals surface area contributed by atoms with Crippen LogP contribution in [-0.2, 0) is 9.53 Å². The van der Waals surface area contributed by atoms with Crippen LogP contribution >= 0.6 is 0 Å². The highest BCUT2D eigenvalue weighted by atomic mass is 16.7. The topological polar surface area (TPSA) is 145 Å². The molecule has 0 spiro atoms. The summed E-state index contributed by atoms with van der Waals surface area (Å²) >= 11 is 0. The smallest absolute Gasteiger partial charge is 0.412 e. The van der Waals surface area contributed by atoms with Crippen molar-refractivity contribution in [2.24, 2.45) is 0 Å². The summed E-state index contributed by atoms with van der Waals surface area (Å²) in [6.07, 6.45) is -0.609. The third kappa shape index (κ3) is 6.93. The molecule has 2 atom stereocenters. The van der Waals surface area contributed by atoms with E-state index in [1.54, 1.807) is 66.7 Å². The number of amides is 2. The van der Waals surface area contributed by atoms with Crippen LogP contribution in [0.15, 0.2) is 84.9 Å². The molecule has 0 aliphatic carbocycles. The summed E-state index contributed by atoms with van der Waals surface area (Å²) in [6, 6.07) is 20.4. The first-order chi connectivity index (χ1) is 18.6. The summed E-state index contributed by atoms with van der Waals surface area (Å²) in [6.45, 7) is -0.146. The zero-order chi connectivity index (χ0) is 26.7. The maximum atomic E-state index is 13.1. The number of carbonyl (C=O) groups excluding carboxylic acids is 2. The molecule has 0 bridgehead atoms. The molecule has 11 nitrogen and oxygen atoms in total. The summed E-state index contributed by atoms with van der Waals surface area (Å²) in [5, 5.41) is 20.9. The van der Waals surface area contributed by atoms with Crippen molar-refractivity contribution in [1.29, 1.82) is 0 Å². The lowest BCUT2D eigenvalue weighted by atomic mass is 10.0. The second-order valence-electron chi connectivity index (χ2n) is 7.86. The van der Waals surface area contributed by atoms with E-state index < -0.39 is 24.2 Å². The Bertz CT molecular complexity index is 1270. The van der Waals surface area contributed by atoms with Gasteiger partial charge in [0.05, 0.1) is 6.61 Å². The number of aliphatic hydroxyl groups excluding tert-OH is 1. The van der Waals surface area contributed by atoms with E-state index in [0.717, 1.165) is 6.08 Å². The van der Waals surface area contributed by atoms with Crippen LogP contribution in [-0.4, -0.2) is 48.4 Å². The van der Waals surface area contributed by atoms with E-state index in [-0.39, 0.29) is 20.0 Å². The predicted molar refractivity (Wildman–Crippen MR) is 134 cm³/mol. The number of benzene rings is 3. The molecule has 11 heteroatoms. The third-order valence-corrected chi connectivity index (χ3v) is 5.29. The fourth-order valence-electron chi connectivity index (χ4n) is 3.62. The first kappa shape index (κ1) is 26.3. The molecule has 1 aliphatic heterocycles. The molecule has 3 aromatic rings. The molecule has 0 saturated heterocycles. The van der Waals surface area contributed by atoms with Gasteiger partial charge in [0.25, 0.3) is 5.91 Å². The first-order valence-corrected chi connectivity index (χ1v) is 11.6. The van der Waals surface area contributed by atoms with Gasteiger partial charge in [-0.15, -0.1) is 0 Å². The Hall–Kier alpha value is -4.74. The van der Waals surface area contributed by atoms with E-state index in [9.17, 15) is 14.7 Å². The molecular weight excluding hydrogens is 496 g/mol. The molecule has 198 valence electrons. The largest absolute Gasteiger partial charge is 0.491 e. The van der Waals surface area contributed by atoms with Crippen LogP contribution < -0.4 is 29.7 Å². The Morgan fingerprint density at radius 1 is 1.00 bits per heavy atom. The molecule has 3 aromatic carbocycles. The molecule has 1 aliphatic rings. The Labute approximate surface area is 218 Å². The maximum absolute atomic E-state index is 13.1. The maximum Gasteiger partial charge on any atom is 0.412 e. The fourth-order valence-corrected chi connectivity index (χ4v) is 3.62. The van der Waals surface area contributed by atoms with Gasteiger partial charge in [-0.3, -0.25) is 15.3 Å². The number of para-hydroxylation sites is 2. The average Bonchev–Trinajstić information content (AvgIpc) is 3.41. The van der Waals surface area contributed by atoms with E-state index in [1.807, 2.05) is 6.07 Å². The molecule has 4 rings (SSSR count). The number of aliphatic hydroxyl groups is 1. The van der Waals surface area contributed by atoms with Gasteiger partial charge in [0.1, 0.15) is 18.1 Å². The highest BCUT2D eigenvalue weighted by Crippen LogP contribution is 2.36. The summed E-state index contributed by atoms with van der Waals surface area (Å²) in [7, 11) is 0. The van der Waals surface area contributed by atoms with Crippen LogP contribution in [0, 0.1) is 0 Å². The molecule has 2 amide bonds. The minimum absolute atomic E-state index is 0.0000923. The number of hydroxylamine groups is 1. The van der Waals surface area contributed by atoms with E-state index in [4.69, 9.17) is 28.9 Å². The van der Waals surface area contributed by atoms with E-state index >= 15 is 0 Å². The average molecular weight is 523 g/mol. The molecule has 0 saturated carbocycles. The molecular formula is C27H26N2O9. The molecule has 0 unspecified atom stereocenters. The standard InChI is InChI=1S/C27H26N2O9/c30-14-15-34-21-9-5-4-8-20(21)26(23(12-13-25(31)29-33)37-19-6-2-1-3-7-19)38-27(32)28-18-10-11-22-24(16-18)36-17-35-22/h1-13,16,23,26,30,33H,14-15,17H2,(H,28,32)(H,29,31)/b13-12+/t23-,26-/m0/s1. The van der Waals surface area contributed by atoms with E-state index in [0.29, 0.717) is 34.2 Å². The van der Waals surface area contributed by atoms with Crippen molar-refractivity contribution in [2.75, 3.05) is 25.3 Å². The summed E-state index contributed by atoms with van der Waals surface area (Å²) in [5.74, 6) is 1.000. The summed E-state index contributed by atoms with van der Waals surface area (Å²) < 4.78 is 28.3. The van der Waals surface area contributed by atoms with Gasteiger partial charge < -0.3 is 28.8 Å². The Morgan fingerprint density at radius 3 is 2.55 bits per heavy atom. The number of rotatable bonds is 11. The lowest BCUT2D eigenvalue weighted by molar-refractivity contribution is -0.124. The highest BCUT2D eigenvalue weighted by Gasteiger charge is 2.30. The zero-order valence-electron chi connectivity index (χ0n) is 20.1. The van der Waals surface area contributed by atoms with Crippen LogP contribution in [0.5, 0.6) is 23.0 Å². The van der Waals surface area contributed by atoms with Gasteiger partial charge in [-0.2, -0.15) is 0 Å². The number of hydrogen-bond donors (Lipinski definition) is 4. The molecule has 38 heavy (non-hydrogen) atoms. The monoisotopic (exact) mass is 522 g/mol. The molecule has 0 aromatic heterocycles. The Morgan fingerprint density at radius 2 is 1.76 bits per heavy atom. The van der Waals surface area contributed by atoms with Crippen molar-refractivity contribution in [3.63, 3.8) is 0 Å². The molecule has 1 heterocycles. The van der Waals surface area contributed by atoms with Crippen molar-refractivity contribution in [3.8, 4) is 23.0 Å². The number of nitrogens with one attached hydrogen (secondary N) is 2. The van der Waals surface area contributed by atoms with Crippen molar-refractivity contribution in [1.82, 2.24) is 5.48 Å². The minimum Gasteiger partial charge on any atom is -0.491 e. The first-order valence-electron chi connectivity index (χ1n) is 11.6. The number of ether oxygens (including phenoxy) is 5. The number of carbonyl (C=O) groups is 2. The SMILES string of the molecule is O=C(/C=C/[C@H](Oc1ccccc1)[C@@H](OC(=O)Nc1ccc2c(c1)OCO2)c1ccccc1OCCO)NO. The second-order valence-corrected chi connectivity index (χ2v) is 7.86. The Balaban J connectivity index is 1.67.